The van der Waals surface area contributed by atoms with Gasteiger partial charge in [-0.1, -0.05) is 48.5 Å². The third-order valence-corrected chi connectivity index (χ3v) is 13.9. The van der Waals surface area contributed by atoms with E-state index in [0.29, 0.717) is 61.3 Å². The maximum absolute atomic E-state index is 14.0. The lowest BCUT2D eigenvalue weighted by Crippen LogP contribution is -2.37. The van der Waals surface area contributed by atoms with Gasteiger partial charge in [0.2, 0.25) is 47.3 Å². The summed E-state index contributed by atoms with van der Waals surface area (Å²) in [5.74, 6) is -7.76. The lowest BCUT2D eigenvalue weighted by molar-refractivity contribution is -0.139. The molecule has 4 aromatic rings. The first-order valence-electron chi connectivity index (χ1n) is 28.8. The first kappa shape index (κ1) is 67.3. The van der Waals surface area contributed by atoms with E-state index in [4.69, 9.17) is 20.4 Å². The van der Waals surface area contributed by atoms with E-state index in [1.807, 2.05) is 48.5 Å². The summed E-state index contributed by atoms with van der Waals surface area (Å²) in [5, 5.41) is 46.5. The maximum Gasteiger partial charge on any atom is 0.303 e. The summed E-state index contributed by atoms with van der Waals surface area (Å²) in [6, 6.07) is 29.5. The van der Waals surface area contributed by atoms with Gasteiger partial charge in [-0.15, -0.1) is 0 Å². The monoisotopic (exact) mass is 1190 g/mol. The summed E-state index contributed by atoms with van der Waals surface area (Å²) in [7, 11) is 0. The fourth-order valence-electron chi connectivity index (χ4n) is 9.33. The van der Waals surface area contributed by atoms with Gasteiger partial charge in [0.1, 0.15) is 0 Å². The number of anilines is 4. The van der Waals surface area contributed by atoms with Crippen LogP contribution in [-0.2, 0) is 70.4 Å². The zero-order valence-electron chi connectivity index (χ0n) is 48.1. The average molecular weight is 1190 g/mol. The molecule has 8 amide bonds. The Morgan fingerprint density at radius 2 is 0.465 bits per heavy atom. The molecule has 0 atom stereocenters. The second-order valence-corrected chi connectivity index (χ2v) is 20.6. The third-order valence-electron chi connectivity index (χ3n) is 13.9. The molecule has 4 aromatic carbocycles. The summed E-state index contributed by atoms with van der Waals surface area (Å²) in [6.07, 6.45) is -0.167. The van der Waals surface area contributed by atoms with E-state index in [-0.39, 0.29) is 153 Å². The van der Waals surface area contributed by atoms with Crippen molar-refractivity contribution < 1.29 is 78.0 Å². The Balaban J connectivity index is 1.45. The van der Waals surface area contributed by atoms with Crippen molar-refractivity contribution in [1.82, 2.24) is 21.3 Å². The second kappa shape index (κ2) is 35.6. The largest absolute Gasteiger partial charge is 0.481 e. The molecule has 0 radical (unpaired) electrons. The number of aliphatic carboxylic acids is 4. The highest BCUT2D eigenvalue weighted by Gasteiger charge is 2.23. The van der Waals surface area contributed by atoms with Gasteiger partial charge in [-0.25, -0.2) is 0 Å². The van der Waals surface area contributed by atoms with Crippen LogP contribution in [0.2, 0.25) is 0 Å². The Hall–Kier alpha value is -9.48. The van der Waals surface area contributed by atoms with E-state index in [0.717, 1.165) is 22.3 Å². The Kier molecular flexibility index (Phi) is 27.9. The Labute approximate surface area is 498 Å². The zero-order valence-corrected chi connectivity index (χ0v) is 48.1. The van der Waals surface area contributed by atoms with Crippen molar-refractivity contribution in [1.29, 1.82) is 0 Å². The molecular weight excluding hydrogens is 1110 g/mol. The summed E-state index contributed by atoms with van der Waals surface area (Å²) in [4.78, 5) is 156. The first-order chi connectivity index (χ1) is 41.2. The Morgan fingerprint density at radius 3 is 0.640 bits per heavy atom. The minimum Gasteiger partial charge on any atom is -0.481 e. The van der Waals surface area contributed by atoms with Crippen molar-refractivity contribution in [3.8, 4) is 0 Å². The van der Waals surface area contributed by atoms with Gasteiger partial charge < -0.3 is 61.3 Å². The molecule has 0 saturated carbocycles. The molecule has 7 aliphatic heterocycles. The average Bonchev–Trinajstić information content (AvgIpc) is 3.23. The standard InChI is InChI=1S/C62H76N8O16/c71-51(21-25-59(79)80)63-33-29-55(75)67-37-1-2-38-68(56(76)30-34-64-52(72)22-26-60(81)82)48-15-7-44(8-16-48)42-46-11-19-50(20-12-46)70(58(78)32-36-66-54(74)24-28-62(85)86)40-4-3-39-69(57(77)31-35-65-53(73)23-27-61(83)84)49-17-9-45(10-18-49)41-43-5-13-47(67)14-6-43/h5-20H,1-4,21-42H2,(H,63,71)(H,64,72)(H,65,73)(H,66,74)(H,79,80)(H,81,82)(H,83,84)(H,85,86). The molecule has 0 spiro atoms. The van der Waals surface area contributed by atoms with Crippen LogP contribution in [0.4, 0.5) is 22.7 Å². The van der Waals surface area contributed by atoms with Crippen LogP contribution in [0.3, 0.4) is 0 Å². The van der Waals surface area contributed by atoms with Crippen molar-refractivity contribution in [2.75, 3.05) is 72.0 Å². The molecule has 0 saturated heterocycles. The number of hydrogen-bond acceptors (Lipinski definition) is 12. The molecule has 24 nitrogen and oxygen atoms in total. The first-order valence-corrected chi connectivity index (χ1v) is 28.8. The summed E-state index contributed by atoms with van der Waals surface area (Å²) >= 11 is 0. The summed E-state index contributed by atoms with van der Waals surface area (Å²) in [6.45, 7) is 0.756. The van der Waals surface area contributed by atoms with Crippen molar-refractivity contribution in [2.45, 2.75) is 116 Å². The van der Waals surface area contributed by atoms with Gasteiger partial charge in [0.05, 0.1) is 25.7 Å². The van der Waals surface area contributed by atoms with E-state index in [1.54, 1.807) is 68.1 Å². The van der Waals surface area contributed by atoms with Gasteiger partial charge in [-0.3, -0.25) is 57.5 Å². The van der Waals surface area contributed by atoms with Crippen LogP contribution >= 0.6 is 0 Å². The molecule has 0 aromatic heterocycles. The number of carboxylic acids is 4. The zero-order chi connectivity index (χ0) is 62.4. The molecule has 0 aliphatic carbocycles. The molecule has 7 aliphatic rings. The lowest BCUT2D eigenvalue weighted by Gasteiger charge is -2.26. The van der Waals surface area contributed by atoms with Crippen LogP contribution in [0.5, 0.6) is 0 Å². The molecule has 0 unspecified atom stereocenters. The van der Waals surface area contributed by atoms with Gasteiger partial charge in [0, 0.05) is 126 Å². The minimum atomic E-state index is -1.13. The smallest absolute Gasteiger partial charge is 0.303 e. The Bertz CT molecular complexity index is 2590. The fraction of sp³-hybridized carbons (Fsp3) is 0.419. The summed E-state index contributed by atoms with van der Waals surface area (Å²) in [5.41, 5.74) is 5.83. The van der Waals surface area contributed by atoms with Crippen LogP contribution in [0, 0.1) is 0 Å². The molecule has 24 heteroatoms. The van der Waals surface area contributed by atoms with E-state index < -0.39 is 47.5 Å². The van der Waals surface area contributed by atoms with E-state index in [2.05, 4.69) is 21.3 Å². The predicted molar refractivity (Wildman–Crippen MR) is 317 cm³/mol. The highest BCUT2D eigenvalue weighted by Crippen LogP contribution is 2.25. The number of amides is 8. The topological polar surface area (TPSA) is 347 Å². The highest BCUT2D eigenvalue weighted by molar-refractivity contribution is 5.96. The third kappa shape index (κ3) is 24.4. The van der Waals surface area contributed by atoms with Crippen LogP contribution in [0.25, 0.3) is 0 Å². The van der Waals surface area contributed by atoms with E-state index in [9.17, 15) is 57.5 Å². The van der Waals surface area contributed by atoms with Gasteiger partial charge in [0.25, 0.3) is 0 Å². The quantitative estimate of drug-likeness (QED) is 0.0460. The minimum absolute atomic E-state index is 0.0318. The van der Waals surface area contributed by atoms with Crippen molar-refractivity contribution in [3.63, 3.8) is 0 Å². The number of hydrogen-bond donors (Lipinski definition) is 8. The van der Waals surface area contributed by atoms with Gasteiger partial charge in [-0.05, 0) is 109 Å². The fourth-order valence-corrected chi connectivity index (χ4v) is 9.33. The number of nitrogens with one attached hydrogen (secondary N) is 4. The molecular formula is C62H76N8O16. The van der Waals surface area contributed by atoms with Crippen LogP contribution in [0.1, 0.15) is 125 Å². The van der Waals surface area contributed by atoms with E-state index in [1.165, 1.54) is 0 Å². The SMILES string of the molecule is O=C(O)CCC(=O)NCCC(=O)N1CCCCN(C(=O)CCNC(=O)CCC(=O)O)c2ccc(cc2)Cc2ccc(cc2)N(C(=O)CCNC(=O)CCC(=O)O)CCCCN(C(=O)CCNC(=O)CCC(=O)O)c2ccc(cc2)Cc2ccc1cc2. The normalized spacial score (nSPS) is 13.1. The van der Waals surface area contributed by atoms with Crippen molar-refractivity contribution in [3.05, 3.63) is 119 Å². The van der Waals surface area contributed by atoms with Crippen LogP contribution in [0.15, 0.2) is 97.1 Å². The molecule has 8 N–H and O–H groups in total. The summed E-state index contributed by atoms with van der Waals surface area (Å²) < 4.78 is 0. The number of rotatable bonds is 24. The predicted octanol–water partition coefficient (Wildman–Crippen LogP) is 4.96. The number of nitrogens with zero attached hydrogens (tertiary/aromatic N) is 4. The van der Waals surface area contributed by atoms with Crippen LogP contribution in [-0.4, -0.2) is 144 Å². The van der Waals surface area contributed by atoms with Crippen molar-refractivity contribution in [2.24, 2.45) is 0 Å². The molecule has 11 rings (SSSR count). The lowest BCUT2D eigenvalue weighted by atomic mass is 10.0. The molecule has 0 fully saturated rings. The number of benzene rings is 4. The van der Waals surface area contributed by atoms with Gasteiger partial charge >= 0.3 is 23.9 Å². The second-order valence-electron chi connectivity index (χ2n) is 20.6. The number of carboxylic acid groups (broad SMARTS) is 4. The van der Waals surface area contributed by atoms with E-state index >= 15 is 0 Å². The molecule has 86 heavy (non-hydrogen) atoms. The van der Waals surface area contributed by atoms with Gasteiger partial charge in [-0.2, -0.15) is 0 Å². The molecule has 460 valence electrons. The van der Waals surface area contributed by atoms with Crippen molar-refractivity contribution >= 4 is 93.9 Å². The van der Waals surface area contributed by atoms with Crippen LogP contribution < -0.4 is 40.9 Å². The number of carbonyl (C=O) groups is 12. The Morgan fingerprint density at radius 1 is 0.279 bits per heavy atom. The molecule has 8 bridgehead atoms. The van der Waals surface area contributed by atoms with Gasteiger partial charge in [0.15, 0.2) is 0 Å². The molecule has 7 heterocycles. The highest BCUT2D eigenvalue weighted by atomic mass is 16.4. The maximum atomic E-state index is 14.0. The number of carbonyl (C=O) groups excluding carboxylic acids is 8.